The number of piperazine rings is 2. The molecule has 0 amide bonds. The Bertz CT molecular complexity index is 2470. The van der Waals surface area contributed by atoms with Gasteiger partial charge in [0.1, 0.15) is 23.1 Å². The van der Waals surface area contributed by atoms with Crippen LogP contribution in [0.5, 0.6) is 5.75 Å². The fourth-order valence-corrected chi connectivity index (χ4v) is 6.40. The molecule has 260 valence electrons. The molecule has 2 aliphatic rings. The zero-order valence-electron chi connectivity index (χ0n) is 28.6. The van der Waals surface area contributed by atoms with E-state index in [1.165, 1.54) is 19.2 Å². The molecular weight excluding hydrogens is 656 g/mol. The second kappa shape index (κ2) is 15.1. The molecule has 2 saturated heterocycles. The van der Waals surface area contributed by atoms with Crippen molar-refractivity contribution in [2.75, 3.05) is 69.3 Å². The molecular formula is C39H36N10O3. The number of rotatable bonds is 5. The number of nitrogens with one attached hydrogen (secondary N) is 2. The van der Waals surface area contributed by atoms with Crippen LogP contribution in [-0.2, 0) is 0 Å². The summed E-state index contributed by atoms with van der Waals surface area (Å²) in [6.07, 6.45) is 3.69. The van der Waals surface area contributed by atoms with E-state index in [2.05, 4.69) is 42.5 Å². The third-order valence-corrected chi connectivity index (χ3v) is 9.16. The van der Waals surface area contributed by atoms with Crippen LogP contribution in [0.4, 0.5) is 11.4 Å². The molecule has 4 aromatic heterocycles. The number of benzene rings is 2. The van der Waals surface area contributed by atoms with Crippen LogP contribution in [0.3, 0.4) is 0 Å². The molecule has 8 rings (SSSR count). The van der Waals surface area contributed by atoms with E-state index in [1.54, 1.807) is 45.2 Å². The van der Waals surface area contributed by atoms with Gasteiger partial charge in [-0.05, 0) is 54.6 Å². The Hall–Kier alpha value is -6.54. The van der Waals surface area contributed by atoms with Gasteiger partial charge >= 0.3 is 0 Å². The quantitative estimate of drug-likeness (QED) is 0.273. The molecule has 2 aliphatic heterocycles. The number of anilines is 2. The first-order valence-electron chi connectivity index (χ1n) is 17.0. The molecule has 0 atom stereocenters. The first kappa shape index (κ1) is 33.9. The van der Waals surface area contributed by atoms with E-state index >= 15 is 0 Å². The standard InChI is InChI=1S/C20H19N5O2.C19H17N5O/c1-27-18-4-2-14(10-15(18)12-21)17-11-20(26)25-13-16(3-5-19(25)23-17)24-8-6-22-7-9-24;20-12-14-2-1-3-15(10-14)17-11-19(25)24-13-16(4-5-18(24)22-17)23-8-6-21-7-9-23/h2-5,10-11,13,22H,6-9H2,1H3;1-5,10-11,13,21H,6-9H2. The first-order valence-corrected chi connectivity index (χ1v) is 17.0. The van der Waals surface area contributed by atoms with E-state index in [0.717, 1.165) is 69.3 Å². The summed E-state index contributed by atoms with van der Waals surface area (Å²) in [5.41, 5.74) is 6.48. The van der Waals surface area contributed by atoms with Crippen LogP contribution >= 0.6 is 0 Å². The Morgan fingerprint density at radius 3 is 1.69 bits per heavy atom. The lowest BCUT2D eigenvalue weighted by atomic mass is 10.1. The van der Waals surface area contributed by atoms with Crippen LogP contribution in [-0.4, -0.2) is 78.2 Å². The Kier molecular flexibility index (Phi) is 9.88. The lowest BCUT2D eigenvalue weighted by Crippen LogP contribution is -2.43. The zero-order valence-corrected chi connectivity index (χ0v) is 28.6. The fourth-order valence-electron chi connectivity index (χ4n) is 6.40. The van der Waals surface area contributed by atoms with Crippen LogP contribution in [0.25, 0.3) is 33.8 Å². The largest absolute Gasteiger partial charge is 0.495 e. The Balaban J connectivity index is 0.000000162. The topological polar surface area (TPSA) is 156 Å². The molecule has 2 fully saturated rings. The van der Waals surface area contributed by atoms with Crippen molar-refractivity contribution < 1.29 is 4.74 Å². The van der Waals surface area contributed by atoms with Crippen molar-refractivity contribution in [2.45, 2.75) is 0 Å². The number of hydrogen-bond donors (Lipinski definition) is 2. The molecule has 0 aliphatic carbocycles. The van der Waals surface area contributed by atoms with Crippen LogP contribution in [0.15, 0.2) is 101 Å². The third kappa shape index (κ3) is 7.18. The normalized spacial score (nSPS) is 14.3. The lowest BCUT2D eigenvalue weighted by Gasteiger charge is -2.29. The number of fused-ring (bicyclic) bond motifs is 2. The van der Waals surface area contributed by atoms with Gasteiger partial charge in [-0.15, -0.1) is 0 Å². The maximum absolute atomic E-state index is 12.7. The molecule has 6 heterocycles. The molecule has 0 spiro atoms. The van der Waals surface area contributed by atoms with Gasteiger partial charge in [0.15, 0.2) is 0 Å². The number of aromatic nitrogens is 4. The van der Waals surface area contributed by atoms with Crippen molar-refractivity contribution in [3.63, 3.8) is 0 Å². The number of pyridine rings is 2. The summed E-state index contributed by atoms with van der Waals surface area (Å²) < 4.78 is 8.32. The Labute approximate surface area is 299 Å². The second-order valence-corrected chi connectivity index (χ2v) is 12.4. The van der Waals surface area contributed by atoms with E-state index in [-0.39, 0.29) is 11.1 Å². The van der Waals surface area contributed by atoms with E-state index < -0.39 is 0 Å². The van der Waals surface area contributed by atoms with E-state index in [9.17, 15) is 14.9 Å². The maximum atomic E-state index is 12.7. The van der Waals surface area contributed by atoms with Crippen molar-refractivity contribution in [3.8, 4) is 40.4 Å². The van der Waals surface area contributed by atoms with Crippen molar-refractivity contribution in [3.05, 3.63) is 123 Å². The summed E-state index contributed by atoms with van der Waals surface area (Å²) in [6.45, 7) is 7.42. The molecule has 13 nitrogen and oxygen atoms in total. The smallest absolute Gasteiger partial charge is 0.258 e. The molecule has 0 saturated carbocycles. The highest BCUT2D eigenvalue weighted by atomic mass is 16.5. The monoisotopic (exact) mass is 692 g/mol. The van der Waals surface area contributed by atoms with Crippen LogP contribution < -0.4 is 36.3 Å². The van der Waals surface area contributed by atoms with Crippen LogP contribution in [0.1, 0.15) is 11.1 Å². The van der Waals surface area contributed by atoms with Crippen molar-refractivity contribution in [1.29, 1.82) is 10.5 Å². The van der Waals surface area contributed by atoms with Crippen LogP contribution in [0.2, 0.25) is 0 Å². The summed E-state index contributed by atoms with van der Waals surface area (Å²) in [5, 5.41) is 25.0. The van der Waals surface area contributed by atoms with Gasteiger partial charge in [-0.1, -0.05) is 12.1 Å². The summed E-state index contributed by atoms with van der Waals surface area (Å²) in [6, 6.07) is 27.3. The highest BCUT2D eigenvalue weighted by molar-refractivity contribution is 5.67. The number of hydrogen-bond acceptors (Lipinski definition) is 11. The molecule has 0 unspecified atom stereocenters. The molecule has 6 aromatic rings. The van der Waals surface area contributed by atoms with Gasteiger partial charge in [0.2, 0.25) is 0 Å². The SMILES string of the molecule is COc1ccc(-c2cc(=O)n3cc(N4CCNCC4)ccc3n2)cc1C#N.N#Cc1cccc(-c2cc(=O)n3cc(N4CCNCC4)ccc3n2)c1. The molecule has 0 bridgehead atoms. The van der Waals surface area contributed by atoms with Crippen molar-refractivity contribution >= 4 is 22.7 Å². The number of nitrogens with zero attached hydrogens (tertiary/aromatic N) is 8. The predicted molar refractivity (Wildman–Crippen MR) is 200 cm³/mol. The molecule has 52 heavy (non-hydrogen) atoms. The van der Waals surface area contributed by atoms with Gasteiger partial charge in [-0.25, -0.2) is 9.97 Å². The second-order valence-electron chi connectivity index (χ2n) is 12.4. The number of methoxy groups -OCH3 is 1. The first-order chi connectivity index (χ1) is 25.4. The predicted octanol–water partition coefficient (Wildman–Crippen LogP) is 3.29. The van der Waals surface area contributed by atoms with Crippen molar-refractivity contribution in [1.82, 2.24) is 29.4 Å². The van der Waals surface area contributed by atoms with Gasteiger partial charge in [-0.2, -0.15) is 10.5 Å². The maximum Gasteiger partial charge on any atom is 0.258 e. The number of ether oxygens (including phenoxy) is 1. The fraction of sp³-hybridized carbons (Fsp3) is 0.231. The van der Waals surface area contributed by atoms with E-state index in [4.69, 9.17) is 10.00 Å². The minimum Gasteiger partial charge on any atom is -0.495 e. The molecule has 2 aromatic carbocycles. The minimum atomic E-state index is -0.152. The summed E-state index contributed by atoms with van der Waals surface area (Å²) in [7, 11) is 1.52. The lowest BCUT2D eigenvalue weighted by molar-refractivity contribution is 0.413. The third-order valence-electron chi connectivity index (χ3n) is 9.16. The average molecular weight is 693 g/mol. The number of nitriles is 2. The molecule has 2 N–H and O–H groups in total. The molecule has 13 heteroatoms. The highest BCUT2D eigenvalue weighted by Gasteiger charge is 2.15. The summed E-state index contributed by atoms with van der Waals surface area (Å²) >= 11 is 0. The summed E-state index contributed by atoms with van der Waals surface area (Å²) in [5.74, 6) is 0.499. The molecule has 0 radical (unpaired) electrons. The van der Waals surface area contributed by atoms with Crippen molar-refractivity contribution in [2.24, 2.45) is 0 Å². The average Bonchev–Trinajstić information content (AvgIpc) is 3.21. The van der Waals surface area contributed by atoms with Gasteiger partial charge < -0.3 is 25.2 Å². The van der Waals surface area contributed by atoms with Gasteiger partial charge in [0.25, 0.3) is 11.1 Å². The Morgan fingerprint density at radius 1 is 0.654 bits per heavy atom. The van der Waals surface area contributed by atoms with E-state index in [1.807, 2.05) is 42.7 Å². The minimum absolute atomic E-state index is 0.126. The Morgan fingerprint density at radius 2 is 1.19 bits per heavy atom. The van der Waals surface area contributed by atoms with Crippen LogP contribution in [0, 0.1) is 22.7 Å². The summed E-state index contributed by atoms with van der Waals surface area (Å²) in [4.78, 5) is 39.0. The van der Waals surface area contributed by atoms with Gasteiger partial charge in [-0.3, -0.25) is 18.4 Å². The van der Waals surface area contributed by atoms with E-state index in [0.29, 0.717) is 45.1 Å². The zero-order chi connectivity index (χ0) is 36.0. The highest BCUT2D eigenvalue weighted by Crippen LogP contribution is 2.25. The van der Waals surface area contributed by atoms with Gasteiger partial charge in [0.05, 0.1) is 47.1 Å². The van der Waals surface area contributed by atoms with Gasteiger partial charge in [0, 0.05) is 88.0 Å².